The molecule has 0 bridgehead atoms. The van der Waals surface area contributed by atoms with Gasteiger partial charge in [0.05, 0.1) is 18.0 Å². The zero-order valence-electron chi connectivity index (χ0n) is 17.8. The lowest BCUT2D eigenvalue weighted by Gasteiger charge is -2.24. The first-order chi connectivity index (χ1) is 14.5. The molecule has 1 saturated heterocycles. The summed E-state index contributed by atoms with van der Waals surface area (Å²) in [6, 6.07) is 7.98. The minimum atomic E-state index is -0.338. The standard InChI is InChI=1S/C21H28FN7O.HI/c1-25-21(28(2)13-15-9-11-30-14-15)26-10-3-4-19-18(12-23)20(24)29(27-19)17-7-5-16(22)6-8-17;/h5-8,15H,3-4,9-11,13-14,24H2,1-2H3,(H,25,26);1H. The Hall–Kier alpha value is -2.39. The van der Waals surface area contributed by atoms with Gasteiger partial charge in [-0.05, 0) is 43.5 Å². The Labute approximate surface area is 199 Å². The van der Waals surface area contributed by atoms with Crippen molar-refractivity contribution in [2.45, 2.75) is 19.3 Å². The van der Waals surface area contributed by atoms with Crippen LogP contribution in [-0.4, -0.2) is 61.0 Å². The summed E-state index contributed by atoms with van der Waals surface area (Å²) in [6.07, 6.45) is 2.43. The predicted molar refractivity (Wildman–Crippen MR) is 129 cm³/mol. The highest BCUT2D eigenvalue weighted by Crippen LogP contribution is 2.21. The van der Waals surface area contributed by atoms with E-state index in [4.69, 9.17) is 10.5 Å². The van der Waals surface area contributed by atoms with Crippen LogP contribution in [0.5, 0.6) is 0 Å². The van der Waals surface area contributed by atoms with Gasteiger partial charge >= 0.3 is 0 Å². The molecule has 0 spiro atoms. The average molecular weight is 541 g/mol. The number of hydrogen-bond acceptors (Lipinski definition) is 5. The second kappa shape index (κ2) is 11.9. The highest BCUT2D eigenvalue weighted by Gasteiger charge is 2.19. The summed E-state index contributed by atoms with van der Waals surface area (Å²) in [4.78, 5) is 6.45. The number of halogens is 2. The van der Waals surface area contributed by atoms with Gasteiger partial charge < -0.3 is 20.7 Å². The molecule has 3 N–H and O–H groups in total. The van der Waals surface area contributed by atoms with Crippen molar-refractivity contribution in [3.05, 3.63) is 41.3 Å². The van der Waals surface area contributed by atoms with E-state index in [0.29, 0.717) is 35.8 Å². The van der Waals surface area contributed by atoms with Crippen molar-refractivity contribution >= 4 is 35.8 Å². The third-order valence-corrected chi connectivity index (χ3v) is 5.18. The minimum absolute atomic E-state index is 0. The molecular formula is C21H29FIN7O. The van der Waals surface area contributed by atoms with Crippen LogP contribution < -0.4 is 11.1 Å². The monoisotopic (exact) mass is 541 g/mol. The van der Waals surface area contributed by atoms with E-state index in [9.17, 15) is 9.65 Å². The number of nitrogens with zero attached hydrogens (tertiary/aromatic N) is 5. The molecule has 1 aliphatic heterocycles. The number of ether oxygens (including phenoxy) is 1. The van der Waals surface area contributed by atoms with Crippen LogP contribution in [0.1, 0.15) is 24.1 Å². The summed E-state index contributed by atoms with van der Waals surface area (Å²) in [7, 11) is 3.79. The maximum atomic E-state index is 13.2. The van der Waals surface area contributed by atoms with Gasteiger partial charge in [-0.1, -0.05) is 0 Å². The average Bonchev–Trinajstić information content (AvgIpc) is 3.36. The maximum absolute atomic E-state index is 13.2. The van der Waals surface area contributed by atoms with Gasteiger partial charge in [0.2, 0.25) is 0 Å². The smallest absolute Gasteiger partial charge is 0.193 e. The van der Waals surface area contributed by atoms with Gasteiger partial charge in [-0.2, -0.15) is 10.4 Å². The highest BCUT2D eigenvalue weighted by atomic mass is 127. The largest absolute Gasteiger partial charge is 0.382 e. The Morgan fingerprint density at radius 3 is 2.81 bits per heavy atom. The molecule has 1 fully saturated rings. The van der Waals surface area contributed by atoms with Gasteiger partial charge in [-0.3, -0.25) is 4.99 Å². The fourth-order valence-corrected chi connectivity index (χ4v) is 3.60. The summed E-state index contributed by atoms with van der Waals surface area (Å²) in [5.74, 6) is 1.29. The van der Waals surface area contributed by atoms with Gasteiger partial charge in [0.1, 0.15) is 23.3 Å². The predicted octanol–water partition coefficient (Wildman–Crippen LogP) is 2.56. The molecule has 8 nitrogen and oxygen atoms in total. The topological polar surface area (TPSA) is 104 Å². The number of hydrogen-bond donors (Lipinski definition) is 2. The molecule has 0 saturated carbocycles. The second-order valence-electron chi connectivity index (χ2n) is 7.39. The third kappa shape index (κ3) is 6.30. The number of anilines is 1. The van der Waals surface area contributed by atoms with E-state index in [1.807, 2.05) is 7.05 Å². The molecule has 1 aromatic carbocycles. The SMILES string of the molecule is CN=C(NCCCc1nn(-c2ccc(F)cc2)c(N)c1C#N)N(C)CC1CCOC1.I. The van der Waals surface area contributed by atoms with E-state index >= 15 is 0 Å². The molecule has 168 valence electrons. The number of nitrogen functional groups attached to an aromatic ring is 1. The van der Waals surface area contributed by atoms with E-state index in [1.54, 1.807) is 19.2 Å². The molecule has 1 unspecified atom stereocenters. The number of rotatable bonds is 7. The fraction of sp³-hybridized carbons (Fsp3) is 0.476. The van der Waals surface area contributed by atoms with Crippen molar-refractivity contribution in [3.8, 4) is 11.8 Å². The molecule has 1 aliphatic rings. The van der Waals surface area contributed by atoms with Gasteiger partial charge in [0, 0.05) is 39.7 Å². The highest BCUT2D eigenvalue weighted by molar-refractivity contribution is 14.0. The summed E-state index contributed by atoms with van der Waals surface area (Å²) >= 11 is 0. The number of guanidine groups is 1. The number of benzene rings is 1. The zero-order valence-corrected chi connectivity index (χ0v) is 20.2. The first-order valence-corrected chi connectivity index (χ1v) is 10.1. The lowest BCUT2D eigenvalue weighted by Crippen LogP contribution is -2.41. The molecule has 31 heavy (non-hydrogen) atoms. The molecule has 10 heteroatoms. The quantitative estimate of drug-likeness (QED) is 0.242. The lowest BCUT2D eigenvalue weighted by molar-refractivity contribution is 0.181. The van der Waals surface area contributed by atoms with E-state index < -0.39 is 0 Å². The van der Waals surface area contributed by atoms with Crippen molar-refractivity contribution in [1.29, 1.82) is 5.26 Å². The van der Waals surface area contributed by atoms with Crippen LogP contribution in [0.15, 0.2) is 29.3 Å². The zero-order chi connectivity index (χ0) is 21.5. The molecule has 0 aliphatic carbocycles. The summed E-state index contributed by atoms with van der Waals surface area (Å²) in [5, 5.41) is 17.3. The van der Waals surface area contributed by atoms with Crippen molar-refractivity contribution in [2.24, 2.45) is 10.9 Å². The molecule has 1 atom stereocenters. The fourth-order valence-electron chi connectivity index (χ4n) is 3.60. The number of nitriles is 1. The van der Waals surface area contributed by atoms with E-state index in [1.165, 1.54) is 16.8 Å². The van der Waals surface area contributed by atoms with Crippen LogP contribution in [0, 0.1) is 23.1 Å². The Bertz CT molecular complexity index is 917. The summed E-state index contributed by atoms with van der Waals surface area (Å²) in [6.45, 7) is 3.22. The molecule has 3 rings (SSSR count). The number of nitrogens with two attached hydrogens (primary N) is 1. The maximum Gasteiger partial charge on any atom is 0.193 e. The van der Waals surface area contributed by atoms with Crippen LogP contribution in [0.2, 0.25) is 0 Å². The first-order valence-electron chi connectivity index (χ1n) is 10.1. The Balaban J connectivity index is 0.00000341. The van der Waals surface area contributed by atoms with Crippen LogP contribution in [0.4, 0.5) is 10.2 Å². The molecule has 0 amide bonds. The van der Waals surface area contributed by atoms with E-state index in [-0.39, 0.29) is 35.6 Å². The van der Waals surface area contributed by atoms with E-state index in [2.05, 4.69) is 26.4 Å². The van der Waals surface area contributed by atoms with Gasteiger partial charge in [0.25, 0.3) is 0 Å². The normalized spacial score (nSPS) is 15.9. The third-order valence-electron chi connectivity index (χ3n) is 5.18. The van der Waals surface area contributed by atoms with Crippen molar-refractivity contribution < 1.29 is 9.13 Å². The van der Waals surface area contributed by atoms with Gasteiger partial charge in [-0.15, -0.1) is 24.0 Å². The minimum Gasteiger partial charge on any atom is -0.382 e. The van der Waals surface area contributed by atoms with Gasteiger partial charge in [0.15, 0.2) is 5.96 Å². The molecule has 2 aromatic rings. The lowest BCUT2D eigenvalue weighted by atomic mass is 10.1. The summed E-state index contributed by atoms with van der Waals surface area (Å²) < 4.78 is 20.1. The van der Waals surface area contributed by atoms with Gasteiger partial charge in [-0.25, -0.2) is 9.07 Å². The Morgan fingerprint density at radius 2 is 2.19 bits per heavy atom. The van der Waals surface area contributed by atoms with Crippen LogP contribution >= 0.6 is 24.0 Å². The Kier molecular flexibility index (Phi) is 9.51. The van der Waals surface area contributed by atoms with Crippen molar-refractivity contribution in [1.82, 2.24) is 20.0 Å². The van der Waals surface area contributed by atoms with Crippen LogP contribution in [0.3, 0.4) is 0 Å². The first kappa shape index (κ1) is 24.9. The number of aromatic nitrogens is 2. The Morgan fingerprint density at radius 1 is 1.45 bits per heavy atom. The number of aliphatic imine (C=N–C) groups is 1. The van der Waals surface area contributed by atoms with Crippen LogP contribution in [0.25, 0.3) is 5.69 Å². The van der Waals surface area contributed by atoms with Crippen molar-refractivity contribution in [2.75, 3.05) is 46.1 Å². The van der Waals surface area contributed by atoms with E-state index in [0.717, 1.165) is 38.6 Å². The van der Waals surface area contributed by atoms with Crippen molar-refractivity contribution in [3.63, 3.8) is 0 Å². The van der Waals surface area contributed by atoms with Crippen LogP contribution in [-0.2, 0) is 11.2 Å². The molecule has 2 heterocycles. The second-order valence-corrected chi connectivity index (χ2v) is 7.39. The number of nitrogens with one attached hydrogen (secondary N) is 1. The number of aryl methyl sites for hydroxylation is 1. The summed E-state index contributed by atoms with van der Waals surface area (Å²) in [5.41, 5.74) is 7.72. The molecule has 1 aromatic heterocycles. The molecule has 0 radical (unpaired) electrons. The molecular weight excluding hydrogens is 512 g/mol.